The molecule has 6 heteroatoms. The summed E-state index contributed by atoms with van der Waals surface area (Å²) in [4.78, 5) is 22.0. The van der Waals surface area contributed by atoms with Gasteiger partial charge in [-0.25, -0.2) is 19.9 Å². The Morgan fingerprint density at radius 3 is 2.81 bits per heavy atom. The quantitative estimate of drug-likeness (QED) is 0.843. The Balaban J connectivity index is 1.61. The molecule has 0 aliphatic carbocycles. The zero-order chi connectivity index (χ0) is 14.7. The van der Waals surface area contributed by atoms with E-state index in [9.17, 15) is 0 Å². The molecule has 1 atom stereocenters. The number of hydrogen-bond donors (Lipinski definition) is 0. The van der Waals surface area contributed by atoms with Crippen LogP contribution < -0.4 is 4.90 Å². The van der Waals surface area contributed by atoms with Gasteiger partial charge in [0.1, 0.15) is 5.82 Å². The largest absolute Gasteiger partial charge is 0.339 e. The van der Waals surface area contributed by atoms with Gasteiger partial charge in [-0.3, -0.25) is 4.90 Å². The lowest BCUT2D eigenvalue weighted by Gasteiger charge is -2.23. The molecule has 0 radical (unpaired) electrons. The average molecular weight is 284 g/mol. The van der Waals surface area contributed by atoms with Gasteiger partial charge in [0.05, 0.1) is 6.54 Å². The second-order valence-electron chi connectivity index (χ2n) is 5.47. The van der Waals surface area contributed by atoms with Crippen molar-refractivity contribution in [3.05, 3.63) is 42.2 Å². The van der Waals surface area contributed by atoms with E-state index in [0.717, 1.165) is 43.5 Å². The number of aromatic nitrogens is 4. The highest BCUT2D eigenvalue weighted by Gasteiger charge is 2.27. The molecule has 1 aliphatic heterocycles. The van der Waals surface area contributed by atoms with E-state index in [-0.39, 0.29) is 0 Å². The molecular weight excluding hydrogens is 264 g/mol. The van der Waals surface area contributed by atoms with Crippen molar-refractivity contribution in [2.24, 2.45) is 0 Å². The first-order valence-electron chi connectivity index (χ1n) is 7.23. The molecule has 1 fully saturated rings. The molecular formula is C15H20N6. The maximum Gasteiger partial charge on any atom is 0.225 e. The van der Waals surface area contributed by atoms with Crippen molar-refractivity contribution < 1.29 is 0 Å². The van der Waals surface area contributed by atoms with Gasteiger partial charge in [-0.2, -0.15) is 0 Å². The van der Waals surface area contributed by atoms with E-state index in [1.54, 1.807) is 12.4 Å². The van der Waals surface area contributed by atoms with Crippen molar-refractivity contribution in [2.75, 3.05) is 25.0 Å². The molecule has 0 unspecified atom stereocenters. The highest BCUT2D eigenvalue weighted by atomic mass is 15.3. The van der Waals surface area contributed by atoms with Crippen LogP contribution in [0.2, 0.25) is 0 Å². The van der Waals surface area contributed by atoms with Crippen LogP contribution in [0.3, 0.4) is 0 Å². The number of nitrogens with zero attached hydrogens (tertiary/aromatic N) is 6. The third-order valence-corrected chi connectivity index (χ3v) is 3.86. The molecule has 0 amide bonds. The van der Waals surface area contributed by atoms with Crippen molar-refractivity contribution in [3.63, 3.8) is 0 Å². The summed E-state index contributed by atoms with van der Waals surface area (Å²) in [6.45, 7) is 4.71. The Bertz CT molecular complexity index is 588. The summed E-state index contributed by atoms with van der Waals surface area (Å²) in [5, 5.41) is 0. The van der Waals surface area contributed by atoms with Crippen LogP contribution in [-0.2, 0) is 6.54 Å². The molecule has 0 N–H and O–H groups in total. The van der Waals surface area contributed by atoms with Gasteiger partial charge in [0.2, 0.25) is 5.95 Å². The molecule has 1 aliphatic rings. The predicted octanol–water partition coefficient (Wildman–Crippen LogP) is 1.29. The molecule has 1 saturated heterocycles. The van der Waals surface area contributed by atoms with Gasteiger partial charge < -0.3 is 4.90 Å². The fourth-order valence-corrected chi connectivity index (χ4v) is 2.64. The monoisotopic (exact) mass is 284 g/mol. The molecule has 3 rings (SSSR count). The lowest BCUT2D eigenvalue weighted by Crippen LogP contribution is -2.35. The number of hydrogen-bond acceptors (Lipinski definition) is 6. The standard InChI is InChI=1S/C15H20N6/c1-12-4-8-18-15(19-12)21-9-5-13(10-21)20(2)11-14-16-6-3-7-17-14/h3-4,6-8,13H,5,9-11H2,1-2H3/t13-/m1/s1. The highest BCUT2D eigenvalue weighted by Crippen LogP contribution is 2.19. The van der Waals surface area contributed by atoms with Crippen molar-refractivity contribution >= 4 is 5.95 Å². The maximum absolute atomic E-state index is 4.50. The Labute approximate surface area is 124 Å². The molecule has 0 spiro atoms. The summed E-state index contributed by atoms with van der Waals surface area (Å²) in [5.41, 5.74) is 1.01. The molecule has 2 aromatic rings. The Hall–Kier alpha value is -2.08. The molecule has 21 heavy (non-hydrogen) atoms. The number of likely N-dealkylation sites (N-methyl/N-ethyl adjacent to an activating group) is 1. The summed E-state index contributed by atoms with van der Waals surface area (Å²) < 4.78 is 0. The van der Waals surface area contributed by atoms with Crippen molar-refractivity contribution in [1.29, 1.82) is 0 Å². The summed E-state index contributed by atoms with van der Waals surface area (Å²) in [5.74, 6) is 1.70. The van der Waals surface area contributed by atoms with Crippen LogP contribution in [0.15, 0.2) is 30.7 Å². The van der Waals surface area contributed by atoms with E-state index in [0.29, 0.717) is 6.04 Å². The van der Waals surface area contributed by atoms with Crippen LogP contribution >= 0.6 is 0 Å². The zero-order valence-electron chi connectivity index (χ0n) is 12.5. The van der Waals surface area contributed by atoms with E-state index >= 15 is 0 Å². The SMILES string of the molecule is Cc1ccnc(N2CC[C@@H](N(C)Cc3ncccn3)C2)n1. The van der Waals surface area contributed by atoms with Crippen LogP contribution in [0.5, 0.6) is 0 Å². The molecule has 0 bridgehead atoms. The Kier molecular flexibility index (Phi) is 4.06. The topological polar surface area (TPSA) is 58.0 Å². The van der Waals surface area contributed by atoms with Gasteiger partial charge >= 0.3 is 0 Å². The number of aryl methyl sites for hydroxylation is 1. The first kappa shape index (κ1) is 13.9. The summed E-state index contributed by atoms with van der Waals surface area (Å²) in [6.07, 6.45) is 6.52. The Morgan fingerprint density at radius 2 is 2.05 bits per heavy atom. The predicted molar refractivity (Wildman–Crippen MR) is 80.9 cm³/mol. The van der Waals surface area contributed by atoms with Crippen LogP contribution in [0.1, 0.15) is 17.9 Å². The van der Waals surface area contributed by atoms with Gasteiger partial charge in [0.15, 0.2) is 0 Å². The lowest BCUT2D eigenvalue weighted by atomic mass is 10.2. The van der Waals surface area contributed by atoms with Gasteiger partial charge in [-0.15, -0.1) is 0 Å². The summed E-state index contributed by atoms with van der Waals surface area (Å²) in [7, 11) is 2.13. The van der Waals surface area contributed by atoms with E-state index in [1.807, 2.05) is 25.3 Å². The van der Waals surface area contributed by atoms with Crippen molar-refractivity contribution in [3.8, 4) is 0 Å². The molecule has 2 aromatic heterocycles. The summed E-state index contributed by atoms with van der Waals surface area (Å²) >= 11 is 0. The second kappa shape index (κ2) is 6.13. The average Bonchev–Trinajstić information content (AvgIpc) is 2.98. The Morgan fingerprint density at radius 1 is 1.24 bits per heavy atom. The van der Waals surface area contributed by atoms with Crippen LogP contribution in [0, 0.1) is 6.92 Å². The normalized spacial score (nSPS) is 18.4. The molecule has 110 valence electrons. The first-order chi connectivity index (χ1) is 10.2. The third-order valence-electron chi connectivity index (χ3n) is 3.86. The molecule has 3 heterocycles. The summed E-state index contributed by atoms with van der Waals surface area (Å²) in [6, 6.07) is 4.25. The molecule has 0 aromatic carbocycles. The van der Waals surface area contributed by atoms with Crippen LogP contribution in [0.4, 0.5) is 5.95 Å². The number of rotatable bonds is 4. The van der Waals surface area contributed by atoms with Crippen LogP contribution in [-0.4, -0.2) is 51.0 Å². The lowest BCUT2D eigenvalue weighted by molar-refractivity contribution is 0.244. The van der Waals surface area contributed by atoms with Gasteiger partial charge in [-0.1, -0.05) is 0 Å². The van der Waals surface area contributed by atoms with Crippen molar-refractivity contribution in [1.82, 2.24) is 24.8 Å². The minimum Gasteiger partial charge on any atom is -0.339 e. The fraction of sp³-hybridized carbons (Fsp3) is 0.467. The fourth-order valence-electron chi connectivity index (χ4n) is 2.64. The first-order valence-corrected chi connectivity index (χ1v) is 7.23. The maximum atomic E-state index is 4.50. The smallest absolute Gasteiger partial charge is 0.225 e. The highest BCUT2D eigenvalue weighted by molar-refractivity contribution is 5.32. The van der Waals surface area contributed by atoms with E-state index < -0.39 is 0 Å². The van der Waals surface area contributed by atoms with Gasteiger partial charge in [-0.05, 0) is 32.5 Å². The van der Waals surface area contributed by atoms with E-state index in [4.69, 9.17) is 0 Å². The number of anilines is 1. The van der Waals surface area contributed by atoms with E-state index in [1.165, 1.54) is 0 Å². The van der Waals surface area contributed by atoms with Crippen LogP contribution in [0.25, 0.3) is 0 Å². The molecule has 6 nitrogen and oxygen atoms in total. The third kappa shape index (κ3) is 3.33. The van der Waals surface area contributed by atoms with E-state index in [2.05, 4.69) is 36.8 Å². The van der Waals surface area contributed by atoms with Gasteiger partial charge in [0.25, 0.3) is 0 Å². The molecule has 0 saturated carbocycles. The zero-order valence-corrected chi connectivity index (χ0v) is 12.5. The minimum absolute atomic E-state index is 0.484. The van der Waals surface area contributed by atoms with Gasteiger partial charge in [0, 0.05) is 43.4 Å². The second-order valence-corrected chi connectivity index (χ2v) is 5.47. The van der Waals surface area contributed by atoms with Crippen molar-refractivity contribution in [2.45, 2.75) is 25.9 Å². The minimum atomic E-state index is 0.484.